The van der Waals surface area contributed by atoms with Gasteiger partial charge in [0.25, 0.3) is 0 Å². The second-order valence-electron chi connectivity index (χ2n) is 4.48. The van der Waals surface area contributed by atoms with E-state index >= 15 is 0 Å². The predicted molar refractivity (Wildman–Crippen MR) is 81.1 cm³/mol. The monoisotopic (exact) mass is 315 g/mol. The maximum Gasteiger partial charge on any atom is 0.208 e. The zero-order chi connectivity index (χ0) is 14.8. The lowest BCUT2D eigenvalue weighted by molar-refractivity contribution is 0.415. The summed E-state index contributed by atoms with van der Waals surface area (Å²) in [7, 11) is -1.52. The first kappa shape index (κ1) is 15.0. The van der Waals surface area contributed by atoms with Crippen LogP contribution < -0.4 is 9.46 Å². The van der Waals surface area contributed by atoms with Crippen molar-refractivity contribution in [2.45, 2.75) is 13.0 Å². The fourth-order valence-electron chi connectivity index (χ4n) is 1.99. The zero-order valence-electron chi connectivity index (χ0n) is 11.3. The minimum absolute atomic E-state index is 0.392. The van der Waals surface area contributed by atoms with Crippen LogP contribution in [0.3, 0.4) is 0 Å². The number of aromatic nitrogens is 2. The van der Waals surface area contributed by atoms with Gasteiger partial charge in [0.05, 0.1) is 24.4 Å². The number of hydrogen-bond donors (Lipinski definition) is 2. The lowest BCUT2D eigenvalue weighted by Gasteiger charge is -2.06. The van der Waals surface area contributed by atoms with Crippen LogP contribution in [-0.2, 0) is 16.6 Å². The van der Waals surface area contributed by atoms with E-state index in [2.05, 4.69) is 9.71 Å². The molecular weight excluding hydrogens is 298 g/mol. The third kappa shape index (κ3) is 3.59. The Morgan fingerprint density at radius 2 is 2.20 bits per heavy atom. The molecule has 0 unspecified atom stereocenters. The van der Waals surface area contributed by atoms with Gasteiger partial charge in [0.2, 0.25) is 10.0 Å². The van der Waals surface area contributed by atoms with Crippen LogP contribution >= 0.6 is 12.2 Å². The van der Waals surface area contributed by atoms with E-state index in [0.717, 1.165) is 23.0 Å². The molecule has 0 aliphatic rings. The van der Waals surface area contributed by atoms with E-state index in [1.54, 1.807) is 7.11 Å². The van der Waals surface area contributed by atoms with Crippen molar-refractivity contribution < 1.29 is 13.2 Å². The van der Waals surface area contributed by atoms with Crippen molar-refractivity contribution in [2.24, 2.45) is 0 Å². The number of fused-ring (bicyclic) bond motifs is 1. The Balaban J connectivity index is 2.14. The molecule has 8 heteroatoms. The van der Waals surface area contributed by atoms with Crippen molar-refractivity contribution >= 4 is 33.3 Å². The van der Waals surface area contributed by atoms with E-state index < -0.39 is 10.0 Å². The summed E-state index contributed by atoms with van der Waals surface area (Å²) < 4.78 is 32.2. The number of hydrogen-bond acceptors (Lipinski definition) is 4. The third-order valence-corrected chi connectivity index (χ3v) is 3.95. The average Bonchev–Trinajstić information content (AvgIpc) is 2.68. The smallest absolute Gasteiger partial charge is 0.208 e. The molecule has 0 fully saturated rings. The first-order valence-corrected chi connectivity index (χ1v) is 8.42. The molecule has 2 aromatic rings. The van der Waals surface area contributed by atoms with E-state index in [4.69, 9.17) is 17.0 Å². The van der Waals surface area contributed by atoms with Crippen molar-refractivity contribution in [3.8, 4) is 5.75 Å². The fourth-order valence-corrected chi connectivity index (χ4v) is 2.80. The topological polar surface area (TPSA) is 76.1 Å². The molecule has 0 spiro atoms. The molecule has 0 bridgehead atoms. The maximum atomic E-state index is 11.0. The van der Waals surface area contributed by atoms with E-state index in [1.807, 2.05) is 22.8 Å². The molecule has 0 radical (unpaired) electrons. The number of H-pyrrole nitrogens is 1. The Hall–Kier alpha value is -1.38. The number of ether oxygens (including phenoxy) is 1. The SMILES string of the molecule is COc1ccc2c(c1)[nH]c(=S)n2CCCNS(C)(=O)=O. The van der Waals surface area contributed by atoms with Crippen LogP contribution in [0.5, 0.6) is 5.75 Å². The molecule has 1 aromatic carbocycles. The van der Waals surface area contributed by atoms with E-state index in [-0.39, 0.29) is 0 Å². The number of nitrogens with zero attached hydrogens (tertiary/aromatic N) is 1. The van der Waals surface area contributed by atoms with Crippen LogP contribution in [0.25, 0.3) is 11.0 Å². The molecule has 0 saturated carbocycles. The zero-order valence-corrected chi connectivity index (χ0v) is 13.0. The molecule has 1 aromatic heterocycles. The lowest BCUT2D eigenvalue weighted by atomic mass is 10.3. The summed E-state index contributed by atoms with van der Waals surface area (Å²) in [5, 5.41) is 0. The second kappa shape index (κ2) is 5.94. The van der Waals surface area contributed by atoms with E-state index in [9.17, 15) is 8.42 Å². The molecule has 6 nitrogen and oxygen atoms in total. The Bertz CT molecular complexity index is 762. The fraction of sp³-hybridized carbons (Fsp3) is 0.417. The Morgan fingerprint density at radius 3 is 2.85 bits per heavy atom. The highest BCUT2D eigenvalue weighted by Crippen LogP contribution is 2.20. The van der Waals surface area contributed by atoms with Crippen LogP contribution in [0.2, 0.25) is 0 Å². The highest BCUT2D eigenvalue weighted by atomic mass is 32.2. The number of aromatic amines is 1. The number of rotatable bonds is 6. The Morgan fingerprint density at radius 1 is 1.45 bits per heavy atom. The van der Waals surface area contributed by atoms with Gasteiger partial charge in [-0.05, 0) is 30.8 Å². The molecule has 2 rings (SSSR count). The number of nitrogens with one attached hydrogen (secondary N) is 2. The minimum Gasteiger partial charge on any atom is -0.497 e. The normalized spacial score (nSPS) is 11.9. The summed E-state index contributed by atoms with van der Waals surface area (Å²) in [6.07, 6.45) is 1.82. The Labute approximate surface area is 122 Å². The van der Waals surface area contributed by atoms with Gasteiger partial charge in [0.1, 0.15) is 5.75 Å². The molecule has 110 valence electrons. The maximum absolute atomic E-state index is 11.0. The second-order valence-corrected chi connectivity index (χ2v) is 6.70. The molecule has 0 aliphatic heterocycles. The number of sulfonamides is 1. The molecule has 2 N–H and O–H groups in total. The van der Waals surface area contributed by atoms with E-state index in [1.165, 1.54) is 0 Å². The highest BCUT2D eigenvalue weighted by molar-refractivity contribution is 7.88. The summed E-state index contributed by atoms with van der Waals surface area (Å²) >= 11 is 5.28. The van der Waals surface area contributed by atoms with Crippen LogP contribution in [0.4, 0.5) is 0 Å². The van der Waals surface area contributed by atoms with Crippen LogP contribution in [0, 0.1) is 4.77 Å². The van der Waals surface area contributed by atoms with Crippen molar-refractivity contribution in [3.63, 3.8) is 0 Å². The molecule has 1 heterocycles. The van der Waals surface area contributed by atoms with Gasteiger partial charge in [-0.1, -0.05) is 0 Å². The van der Waals surface area contributed by atoms with E-state index in [0.29, 0.717) is 24.3 Å². The first-order chi connectivity index (χ1) is 9.40. The van der Waals surface area contributed by atoms with Crippen LogP contribution in [0.15, 0.2) is 18.2 Å². The number of benzene rings is 1. The average molecular weight is 315 g/mol. The predicted octanol–water partition coefficient (Wildman–Crippen LogP) is 1.65. The van der Waals surface area contributed by atoms with Gasteiger partial charge in [-0.2, -0.15) is 0 Å². The lowest BCUT2D eigenvalue weighted by Crippen LogP contribution is -2.23. The number of methoxy groups -OCH3 is 1. The van der Waals surface area contributed by atoms with Crippen molar-refractivity contribution in [3.05, 3.63) is 23.0 Å². The summed E-state index contributed by atoms with van der Waals surface area (Å²) in [4.78, 5) is 3.12. The van der Waals surface area contributed by atoms with Gasteiger partial charge in [-0.3, -0.25) is 0 Å². The molecular formula is C12H17N3O3S2. The summed E-state index contributed by atoms with van der Waals surface area (Å²) in [6.45, 7) is 1.04. The molecule has 0 saturated heterocycles. The molecule has 20 heavy (non-hydrogen) atoms. The summed E-state index contributed by atoms with van der Waals surface area (Å²) in [5.74, 6) is 0.764. The van der Waals surface area contributed by atoms with Crippen LogP contribution in [-0.4, -0.2) is 37.9 Å². The van der Waals surface area contributed by atoms with Gasteiger partial charge >= 0.3 is 0 Å². The molecule has 0 amide bonds. The summed E-state index contributed by atoms with van der Waals surface area (Å²) in [6, 6.07) is 5.69. The third-order valence-electron chi connectivity index (χ3n) is 2.90. The quantitative estimate of drug-likeness (QED) is 0.628. The largest absolute Gasteiger partial charge is 0.497 e. The summed E-state index contributed by atoms with van der Waals surface area (Å²) in [5.41, 5.74) is 1.89. The highest BCUT2D eigenvalue weighted by Gasteiger charge is 2.06. The van der Waals surface area contributed by atoms with Gasteiger partial charge in [-0.25, -0.2) is 13.1 Å². The van der Waals surface area contributed by atoms with Crippen molar-refractivity contribution in [1.29, 1.82) is 0 Å². The van der Waals surface area contributed by atoms with Gasteiger partial charge in [-0.15, -0.1) is 0 Å². The van der Waals surface area contributed by atoms with Crippen molar-refractivity contribution in [1.82, 2.24) is 14.3 Å². The number of imidazole rings is 1. The van der Waals surface area contributed by atoms with Gasteiger partial charge in [0, 0.05) is 19.2 Å². The van der Waals surface area contributed by atoms with Crippen molar-refractivity contribution in [2.75, 3.05) is 19.9 Å². The standard InChI is InChI=1S/C12H17N3O3S2/c1-18-9-4-5-11-10(8-9)14-12(19)15(11)7-3-6-13-20(2,16)17/h4-5,8,13H,3,6-7H2,1-2H3,(H,14,19). The first-order valence-electron chi connectivity index (χ1n) is 6.12. The van der Waals surface area contributed by atoms with Gasteiger partial charge < -0.3 is 14.3 Å². The Kier molecular flexibility index (Phi) is 4.46. The van der Waals surface area contributed by atoms with Gasteiger partial charge in [0.15, 0.2) is 4.77 Å². The van der Waals surface area contributed by atoms with Crippen LogP contribution in [0.1, 0.15) is 6.42 Å². The number of aryl methyl sites for hydroxylation is 1. The minimum atomic E-state index is -3.14. The molecule has 0 atom stereocenters. The molecule has 0 aliphatic carbocycles.